The third kappa shape index (κ3) is 1.72. The first-order chi connectivity index (χ1) is 7.63. The lowest BCUT2D eigenvalue weighted by Gasteiger charge is -2.01. The second-order valence-corrected chi connectivity index (χ2v) is 3.74. The van der Waals surface area contributed by atoms with Crippen molar-refractivity contribution >= 4 is 17.9 Å². The molecular weight excluding hydrogens is 231 g/mol. The number of aromatic nitrogens is 2. The van der Waals surface area contributed by atoms with Gasteiger partial charge in [0, 0.05) is 12.6 Å². The van der Waals surface area contributed by atoms with Gasteiger partial charge in [0.15, 0.2) is 6.29 Å². The fraction of sp³-hybridized carbons (Fsp3) is 0.0909. The second kappa shape index (κ2) is 4.06. The summed E-state index contributed by atoms with van der Waals surface area (Å²) in [5.41, 5.74) is 1.55. The third-order valence-corrected chi connectivity index (χ3v) is 2.58. The molecule has 82 valence electrons. The van der Waals surface area contributed by atoms with Crippen LogP contribution in [0.5, 0.6) is 0 Å². The monoisotopic (exact) mass is 238 g/mol. The van der Waals surface area contributed by atoms with Crippen LogP contribution in [-0.2, 0) is 7.05 Å². The highest BCUT2D eigenvalue weighted by molar-refractivity contribution is 6.31. The zero-order valence-corrected chi connectivity index (χ0v) is 9.20. The molecule has 0 spiro atoms. The largest absolute Gasteiger partial charge is 0.331 e. The van der Waals surface area contributed by atoms with E-state index in [-0.39, 0.29) is 5.02 Å². The Morgan fingerprint density at radius 2 is 2.25 bits per heavy atom. The summed E-state index contributed by atoms with van der Waals surface area (Å²) in [6, 6.07) is 4.24. The minimum Gasteiger partial charge on any atom is -0.331 e. The number of hydrogen-bond donors (Lipinski definition) is 0. The molecule has 0 unspecified atom stereocenters. The molecule has 1 aromatic carbocycles. The van der Waals surface area contributed by atoms with Gasteiger partial charge in [-0.1, -0.05) is 11.6 Å². The molecule has 3 nitrogen and oxygen atoms in total. The van der Waals surface area contributed by atoms with Crippen LogP contribution in [0.25, 0.3) is 11.3 Å². The van der Waals surface area contributed by atoms with Crippen molar-refractivity contribution in [3.8, 4) is 11.3 Å². The first kappa shape index (κ1) is 10.8. The van der Waals surface area contributed by atoms with Gasteiger partial charge < -0.3 is 4.57 Å². The van der Waals surface area contributed by atoms with Crippen LogP contribution in [0.2, 0.25) is 5.02 Å². The zero-order valence-electron chi connectivity index (χ0n) is 8.45. The van der Waals surface area contributed by atoms with Gasteiger partial charge in [-0.15, -0.1) is 0 Å². The lowest BCUT2D eigenvalue weighted by Crippen LogP contribution is -1.94. The summed E-state index contributed by atoms with van der Waals surface area (Å²) in [7, 11) is 1.71. The van der Waals surface area contributed by atoms with Crippen molar-refractivity contribution in [2.24, 2.45) is 7.05 Å². The van der Waals surface area contributed by atoms with Crippen LogP contribution in [-0.4, -0.2) is 15.8 Å². The molecule has 2 aromatic rings. The Balaban J connectivity index is 2.58. The number of halogens is 2. The highest BCUT2D eigenvalue weighted by atomic mass is 35.5. The number of rotatable bonds is 2. The van der Waals surface area contributed by atoms with Gasteiger partial charge in [-0.05, 0) is 18.2 Å². The van der Waals surface area contributed by atoms with Gasteiger partial charge in [-0.25, -0.2) is 9.37 Å². The standard InChI is InChI=1S/C11H8ClFN2O/c1-15-6-14-11(10(15)5-16)7-2-3-9(13)8(12)4-7/h2-6H,1H3. The van der Waals surface area contributed by atoms with Gasteiger partial charge >= 0.3 is 0 Å². The van der Waals surface area contributed by atoms with Crippen LogP contribution in [0.4, 0.5) is 4.39 Å². The zero-order chi connectivity index (χ0) is 11.7. The Bertz CT molecular complexity index is 551. The van der Waals surface area contributed by atoms with Crippen LogP contribution in [0.3, 0.4) is 0 Å². The molecule has 0 saturated carbocycles. The molecule has 0 aliphatic heterocycles. The first-order valence-corrected chi connectivity index (χ1v) is 4.93. The second-order valence-electron chi connectivity index (χ2n) is 3.34. The lowest BCUT2D eigenvalue weighted by atomic mass is 10.1. The Kier molecular flexibility index (Phi) is 2.75. The molecule has 0 amide bonds. The molecule has 0 bridgehead atoms. The van der Waals surface area contributed by atoms with Crippen LogP contribution < -0.4 is 0 Å². The first-order valence-electron chi connectivity index (χ1n) is 4.55. The summed E-state index contributed by atoms with van der Waals surface area (Å²) in [6.07, 6.45) is 2.23. The minimum atomic E-state index is -0.492. The minimum absolute atomic E-state index is 0.0139. The van der Waals surface area contributed by atoms with Crippen LogP contribution >= 0.6 is 11.6 Å². The molecule has 0 fully saturated rings. The Morgan fingerprint density at radius 1 is 1.50 bits per heavy atom. The molecule has 0 N–H and O–H groups in total. The molecular formula is C11H8ClFN2O. The van der Waals surface area contributed by atoms with Gasteiger partial charge in [-0.3, -0.25) is 4.79 Å². The molecule has 1 heterocycles. The van der Waals surface area contributed by atoms with Gasteiger partial charge in [0.25, 0.3) is 0 Å². The van der Waals surface area contributed by atoms with E-state index in [2.05, 4.69) is 4.98 Å². The maximum absolute atomic E-state index is 13.0. The van der Waals surface area contributed by atoms with Crippen molar-refractivity contribution in [2.45, 2.75) is 0 Å². The highest BCUT2D eigenvalue weighted by Crippen LogP contribution is 2.25. The molecule has 0 radical (unpaired) electrons. The van der Waals surface area contributed by atoms with Crippen molar-refractivity contribution < 1.29 is 9.18 Å². The number of aryl methyl sites for hydroxylation is 1. The highest BCUT2D eigenvalue weighted by Gasteiger charge is 2.11. The molecule has 5 heteroatoms. The number of benzene rings is 1. The predicted molar refractivity (Wildman–Crippen MR) is 59.0 cm³/mol. The van der Waals surface area contributed by atoms with Crippen LogP contribution in [0, 0.1) is 5.82 Å². The van der Waals surface area contributed by atoms with E-state index in [0.717, 1.165) is 0 Å². The normalized spacial score (nSPS) is 10.4. The fourth-order valence-electron chi connectivity index (χ4n) is 1.44. The van der Waals surface area contributed by atoms with Crippen LogP contribution in [0.1, 0.15) is 10.5 Å². The number of hydrogen-bond acceptors (Lipinski definition) is 2. The fourth-order valence-corrected chi connectivity index (χ4v) is 1.63. The molecule has 0 aliphatic rings. The van der Waals surface area contributed by atoms with Crippen molar-refractivity contribution in [1.29, 1.82) is 0 Å². The Hall–Kier alpha value is -1.68. The molecule has 1 aromatic heterocycles. The summed E-state index contributed by atoms with van der Waals surface area (Å²) in [5, 5.41) is 0.0139. The summed E-state index contributed by atoms with van der Waals surface area (Å²) in [4.78, 5) is 14.9. The molecule has 0 aliphatic carbocycles. The van der Waals surface area contributed by atoms with E-state index in [0.29, 0.717) is 23.2 Å². The average Bonchev–Trinajstić information content (AvgIpc) is 2.63. The van der Waals surface area contributed by atoms with E-state index < -0.39 is 5.82 Å². The van der Waals surface area contributed by atoms with Gasteiger partial charge in [0.2, 0.25) is 0 Å². The summed E-state index contributed by atoms with van der Waals surface area (Å²) < 4.78 is 14.6. The lowest BCUT2D eigenvalue weighted by molar-refractivity contribution is 0.111. The Morgan fingerprint density at radius 3 is 2.88 bits per heavy atom. The predicted octanol–water partition coefficient (Wildman–Crippen LogP) is 2.69. The summed E-state index contributed by atoms with van der Waals surface area (Å²) in [6.45, 7) is 0. The maximum Gasteiger partial charge on any atom is 0.168 e. The summed E-state index contributed by atoms with van der Waals surface area (Å²) in [5.74, 6) is -0.492. The summed E-state index contributed by atoms with van der Waals surface area (Å²) >= 11 is 5.67. The number of nitrogens with zero attached hydrogens (tertiary/aromatic N) is 2. The molecule has 0 atom stereocenters. The SMILES string of the molecule is Cn1cnc(-c2ccc(F)c(Cl)c2)c1C=O. The molecule has 2 rings (SSSR count). The van der Waals surface area contributed by atoms with Gasteiger partial charge in [0.1, 0.15) is 11.5 Å². The van der Waals surface area contributed by atoms with Crippen molar-refractivity contribution in [2.75, 3.05) is 0 Å². The van der Waals surface area contributed by atoms with Crippen molar-refractivity contribution in [1.82, 2.24) is 9.55 Å². The van der Waals surface area contributed by atoms with Crippen LogP contribution in [0.15, 0.2) is 24.5 Å². The number of imidazole rings is 1. The number of aldehydes is 1. The van der Waals surface area contributed by atoms with Gasteiger partial charge in [0.05, 0.1) is 17.0 Å². The van der Waals surface area contributed by atoms with Gasteiger partial charge in [-0.2, -0.15) is 0 Å². The van der Waals surface area contributed by atoms with E-state index in [1.807, 2.05) is 0 Å². The van der Waals surface area contributed by atoms with E-state index in [1.54, 1.807) is 11.6 Å². The number of carbonyl (C=O) groups excluding carboxylic acids is 1. The third-order valence-electron chi connectivity index (χ3n) is 2.29. The van der Waals surface area contributed by atoms with E-state index >= 15 is 0 Å². The smallest absolute Gasteiger partial charge is 0.168 e. The average molecular weight is 239 g/mol. The molecule has 16 heavy (non-hydrogen) atoms. The number of carbonyl (C=O) groups is 1. The van der Waals surface area contributed by atoms with E-state index in [4.69, 9.17) is 11.6 Å². The van der Waals surface area contributed by atoms with E-state index in [9.17, 15) is 9.18 Å². The topological polar surface area (TPSA) is 34.9 Å². The van der Waals surface area contributed by atoms with E-state index in [1.165, 1.54) is 24.5 Å². The quantitative estimate of drug-likeness (QED) is 0.754. The molecule has 0 saturated heterocycles. The Labute approximate surface area is 96.5 Å². The van der Waals surface area contributed by atoms with Crippen molar-refractivity contribution in [3.63, 3.8) is 0 Å². The maximum atomic E-state index is 13.0. The van der Waals surface area contributed by atoms with Crippen molar-refractivity contribution in [3.05, 3.63) is 41.1 Å².